The van der Waals surface area contributed by atoms with Crippen molar-refractivity contribution in [1.29, 1.82) is 0 Å². The molecule has 1 aromatic carbocycles. The van der Waals surface area contributed by atoms with E-state index in [2.05, 4.69) is 4.98 Å². The zero-order chi connectivity index (χ0) is 16.1. The smallest absolute Gasteiger partial charge is 0.335 e. The third-order valence-electron chi connectivity index (χ3n) is 3.29. The molecule has 0 spiro atoms. The summed E-state index contributed by atoms with van der Waals surface area (Å²) in [6.45, 7) is 2.61. The summed E-state index contributed by atoms with van der Waals surface area (Å²) in [5, 5.41) is 9.98. The van der Waals surface area contributed by atoms with Gasteiger partial charge in [-0.2, -0.15) is 0 Å². The van der Waals surface area contributed by atoms with Gasteiger partial charge in [-0.15, -0.1) is 11.3 Å². The third-order valence-corrected chi connectivity index (χ3v) is 4.26. The van der Waals surface area contributed by atoms with Gasteiger partial charge in [-0.05, 0) is 24.6 Å². The minimum Gasteiger partial charge on any atom is -0.478 e. The maximum absolute atomic E-state index is 12.2. The first-order valence-electron chi connectivity index (χ1n) is 6.93. The molecule has 1 heterocycles. The third kappa shape index (κ3) is 4.39. The number of carboxylic acid groups (broad SMARTS) is 1. The number of carboxylic acids is 1. The quantitative estimate of drug-likeness (QED) is 0.888. The zero-order valence-electron chi connectivity index (χ0n) is 12.6. The van der Waals surface area contributed by atoms with Crippen LogP contribution in [-0.4, -0.2) is 40.5 Å². The number of aromatic carboxylic acids is 1. The van der Waals surface area contributed by atoms with Gasteiger partial charge >= 0.3 is 5.97 Å². The lowest BCUT2D eigenvalue weighted by molar-refractivity contribution is -0.129. The van der Waals surface area contributed by atoms with Crippen LogP contribution in [-0.2, 0) is 17.6 Å². The lowest BCUT2D eigenvalue weighted by Crippen LogP contribution is -2.30. The molecule has 1 amide bonds. The Morgan fingerprint density at radius 3 is 2.77 bits per heavy atom. The van der Waals surface area contributed by atoms with E-state index in [4.69, 9.17) is 5.11 Å². The molecule has 0 aliphatic carbocycles. The first-order chi connectivity index (χ1) is 10.5. The predicted octanol–water partition coefficient (Wildman–Crippen LogP) is 2.39. The fraction of sp³-hybridized carbons (Fsp3) is 0.312. The molecule has 1 N–H and O–H groups in total. The number of likely N-dealkylation sites (N-methyl/N-ethyl adjacent to an activating group) is 1. The molecule has 22 heavy (non-hydrogen) atoms. The van der Waals surface area contributed by atoms with Crippen molar-refractivity contribution in [3.05, 3.63) is 51.5 Å². The maximum atomic E-state index is 12.2. The summed E-state index contributed by atoms with van der Waals surface area (Å²) in [6, 6.07) is 6.48. The Morgan fingerprint density at radius 1 is 1.36 bits per heavy atom. The van der Waals surface area contributed by atoms with Crippen LogP contribution in [0.1, 0.15) is 25.8 Å². The molecule has 1 aromatic heterocycles. The highest BCUT2D eigenvalue weighted by Gasteiger charge is 2.12. The molecule has 0 bridgehead atoms. The van der Waals surface area contributed by atoms with Gasteiger partial charge in [0, 0.05) is 31.1 Å². The Hall–Kier alpha value is -2.21. The first-order valence-corrected chi connectivity index (χ1v) is 7.75. The average molecular weight is 318 g/mol. The first kappa shape index (κ1) is 16.2. The van der Waals surface area contributed by atoms with Gasteiger partial charge in [0.2, 0.25) is 5.91 Å². The number of carbonyl (C=O) groups is 2. The molecule has 0 unspecified atom stereocenters. The Labute approximate surface area is 133 Å². The van der Waals surface area contributed by atoms with Crippen LogP contribution in [0.5, 0.6) is 0 Å². The Bertz CT molecular complexity index is 682. The number of hydrogen-bond donors (Lipinski definition) is 1. The van der Waals surface area contributed by atoms with Crippen molar-refractivity contribution in [2.45, 2.75) is 19.8 Å². The summed E-state index contributed by atoms with van der Waals surface area (Å²) in [6.07, 6.45) is 2.77. The van der Waals surface area contributed by atoms with Crippen molar-refractivity contribution in [2.24, 2.45) is 0 Å². The highest BCUT2D eigenvalue weighted by Crippen LogP contribution is 2.12. The highest BCUT2D eigenvalue weighted by atomic mass is 32.1. The Morgan fingerprint density at radius 2 is 2.14 bits per heavy atom. The fourth-order valence-electron chi connectivity index (χ4n) is 2.03. The molecule has 116 valence electrons. The maximum Gasteiger partial charge on any atom is 0.335 e. The van der Waals surface area contributed by atoms with E-state index in [9.17, 15) is 9.59 Å². The van der Waals surface area contributed by atoms with Gasteiger partial charge in [0.1, 0.15) is 0 Å². The lowest BCUT2D eigenvalue weighted by Gasteiger charge is -2.16. The van der Waals surface area contributed by atoms with Crippen LogP contribution in [0.15, 0.2) is 30.5 Å². The van der Waals surface area contributed by atoms with Gasteiger partial charge in [0.15, 0.2) is 0 Å². The van der Waals surface area contributed by atoms with E-state index in [1.165, 1.54) is 12.1 Å². The molecule has 5 nitrogen and oxygen atoms in total. The molecule has 0 fully saturated rings. The zero-order valence-corrected chi connectivity index (χ0v) is 13.4. The second-order valence-corrected chi connectivity index (χ2v) is 6.43. The molecule has 0 atom stereocenters. The predicted molar refractivity (Wildman–Crippen MR) is 85.3 cm³/mol. The van der Waals surface area contributed by atoms with E-state index in [0.717, 1.165) is 16.3 Å². The minimum atomic E-state index is -0.984. The van der Waals surface area contributed by atoms with Gasteiger partial charge in [-0.3, -0.25) is 4.79 Å². The van der Waals surface area contributed by atoms with E-state index < -0.39 is 5.97 Å². The number of amides is 1. The van der Waals surface area contributed by atoms with Crippen molar-refractivity contribution in [1.82, 2.24) is 9.88 Å². The van der Waals surface area contributed by atoms with Crippen molar-refractivity contribution >= 4 is 23.2 Å². The fourth-order valence-corrected chi connectivity index (χ4v) is 2.80. The summed E-state index contributed by atoms with van der Waals surface area (Å²) < 4.78 is 0. The van der Waals surface area contributed by atoms with Crippen molar-refractivity contribution < 1.29 is 14.7 Å². The van der Waals surface area contributed by atoms with E-state index in [1.54, 1.807) is 35.4 Å². The van der Waals surface area contributed by atoms with Crippen LogP contribution >= 0.6 is 11.3 Å². The number of thiazole rings is 1. The lowest BCUT2D eigenvalue weighted by atomic mass is 10.1. The topological polar surface area (TPSA) is 70.5 Å². The number of hydrogen-bond acceptors (Lipinski definition) is 4. The van der Waals surface area contributed by atoms with Crippen LogP contribution < -0.4 is 0 Å². The largest absolute Gasteiger partial charge is 0.478 e. The number of aromatic nitrogens is 1. The number of carbonyl (C=O) groups excluding carboxylic acids is 1. The summed E-state index contributed by atoms with van der Waals surface area (Å²) in [4.78, 5) is 30.2. The van der Waals surface area contributed by atoms with Crippen LogP contribution in [0.25, 0.3) is 0 Å². The molecule has 0 aliphatic heterocycles. The van der Waals surface area contributed by atoms with Crippen LogP contribution in [0.2, 0.25) is 0 Å². The van der Waals surface area contributed by atoms with E-state index in [0.29, 0.717) is 12.1 Å². The summed E-state index contributed by atoms with van der Waals surface area (Å²) in [5.41, 5.74) is 0.910. The van der Waals surface area contributed by atoms with Gasteiger partial charge in [-0.25, -0.2) is 9.78 Å². The molecule has 0 saturated carbocycles. The van der Waals surface area contributed by atoms with E-state index in [1.807, 2.05) is 13.1 Å². The van der Waals surface area contributed by atoms with E-state index >= 15 is 0 Å². The molecular weight excluding hydrogens is 300 g/mol. The number of nitrogens with zero attached hydrogens (tertiary/aromatic N) is 2. The molecular formula is C16H18N2O3S. The molecule has 2 rings (SSSR count). The normalized spacial score (nSPS) is 10.5. The van der Waals surface area contributed by atoms with Crippen molar-refractivity contribution in [3.63, 3.8) is 0 Å². The average Bonchev–Trinajstić information content (AvgIpc) is 2.90. The van der Waals surface area contributed by atoms with Crippen LogP contribution in [0.3, 0.4) is 0 Å². The van der Waals surface area contributed by atoms with Crippen molar-refractivity contribution in [2.75, 3.05) is 13.6 Å². The second-order valence-electron chi connectivity index (χ2n) is 5.11. The Balaban J connectivity index is 1.90. The molecule has 2 aromatic rings. The number of benzene rings is 1. The van der Waals surface area contributed by atoms with Gasteiger partial charge in [0.25, 0.3) is 0 Å². The number of rotatable bonds is 6. The van der Waals surface area contributed by atoms with Crippen LogP contribution in [0, 0.1) is 6.92 Å². The van der Waals surface area contributed by atoms with Crippen LogP contribution in [0.4, 0.5) is 0 Å². The highest BCUT2D eigenvalue weighted by molar-refractivity contribution is 7.11. The summed E-state index contributed by atoms with van der Waals surface area (Å²) in [5.74, 6) is -1.02. The molecule has 0 aliphatic rings. The molecule has 0 saturated heterocycles. The van der Waals surface area contributed by atoms with Gasteiger partial charge in [-0.1, -0.05) is 12.1 Å². The summed E-state index contributed by atoms with van der Waals surface area (Å²) in [7, 11) is 1.75. The van der Waals surface area contributed by atoms with Crippen molar-refractivity contribution in [3.8, 4) is 0 Å². The number of aryl methyl sites for hydroxylation is 1. The Kier molecular flexibility index (Phi) is 5.27. The summed E-state index contributed by atoms with van der Waals surface area (Å²) >= 11 is 1.64. The van der Waals surface area contributed by atoms with Gasteiger partial charge in [0.05, 0.1) is 17.0 Å². The second kappa shape index (κ2) is 7.17. The monoisotopic (exact) mass is 318 g/mol. The minimum absolute atomic E-state index is 0.0317. The SMILES string of the molecule is Cc1cnc(CCN(C)C(=O)Cc2cccc(C(=O)O)c2)s1. The van der Waals surface area contributed by atoms with Gasteiger partial charge < -0.3 is 10.0 Å². The standard InChI is InChI=1S/C16H18N2O3S/c1-11-10-17-14(22-11)6-7-18(2)15(19)9-12-4-3-5-13(8-12)16(20)21/h3-5,8,10H,6-7,9H2,1-2H3,(H,20,21). The molecule has 6 heteroatoms. The van der Waals surface area contributed by atoms with E-state index in [-0.39, 0.29) is 17.9 Å². The molecule has 0 radical (unpaired) electrons.